The van der Waals surface area contributed by atoms with E-state index in [2.05, 4.69) is 0 Å². The molecule has 3 amide bonds. The highest BCUT2D eigenvalue weighted by molar-refractivity contribution is 6.38. The summed E-state index contributed by atoms with van der Waals surface area (Å²) in [5.74, 6) is -0.515. The maximum atomic E-state index is 11.1. The van der Waals surface area contributed by atoms with Crippen molar-refractivity contribution in [3.05, 3.63) is 0 Å². The van der Waals surface area contributed by atoms with Crippen molar-refractivity contribution in [3.8, 4) is 0 Å². The lowest BCUT2D eigenvalue weighted by atomic mass is 10.1. The van der Waals surface area contributed by atoms with Crippen molar-refractivity contribution in [1.29, 1.82) is 0 Å². The van der Waals surface area contributed by atoms with E-state index in [1.807, 2.05) is 0 Å². The van der Waals surface area contributed by atoms with Crippen LogP contribution in [0.4, 0.5) is 4.79 Å². The fourth-order valence-corrected chi connectivity index (χ4v) is 1.20. The molecule has 8 heteroatoms. The van der Waals surface area contributed by atoms with Crippen molar-refractivity contribution in [1.82, 2.24) is 15.0 Å². The fourth-order valence-electron chi connectivity index (χ4n) is 0.727. The van der Waals surface area contributed by atoms with Crippen LogP contribution in [0.5, 0.6) is 0 Å². The van der Waals surface area contributed by atoms with Gasteiger partial charge in [0.2, 0.25) is 0 Å². The van der Waals surface area contributed by atoms with Gasteiger partial charge in [0.05, 0.1) is 0 Å². The van der Waals surface area contributed by atoms with E-state index in [-0.39, 0.29) is 18.6 Å². The summed E-state index contributed by atoms with van der Waals surface area (Å²) in [6, 6.07) is -0.705. The predicted molar refractivity (Wildman–Crippen MR) is 52.1 cm³/mol. The van der Waals surface area contributed by atoms with Crippen molar-refractivity contribution in [3.63, 3.8) is 0 Å². The summed E-state index contributed by atoms with van der Waals surface area (Å²) < 4.78 is 1.26. The smallest absolute Gasteiger partial charge is 0.344 e. The minimum absolute atomic E-state index is 0. The monoisotopic (exact) mass is 249 g/mol. The number of urea groups is 1. The number of rotatable bonds is 0. The van der Waals surface area contributed by atoms with Gasteiger partial charge in [0.1, 0.15) is 5.54 Å². The van der Waals surface area contributed by atoms with E-state index in [0.717, 1.165) is 4.42 Å². The molecule has 0 saturated carbocycles. The Hall–Kier alpha value is -0.230. The standard InChI is InChI=1S/C5H6Cl2N2O2.ClH.H3N/c1-5(2)3(10)8(6)4(11)9(5)7;;/h1-2H3;1H;1H3. The molecule has 1 aliphatic rings. The van der Waals surface area contributed by atoms with E-state index >= 15 is 0 Å². The van der Waals surface area contributed by atoms with Crippen LogP contribution >= 0.6 is 36.0 Å². The van der Waals surface area contributed by atoms with E-state index in [9.17, 15) is 9.59 Å². The van der Waals surface area contributed by atoms with E-state index in [1.54, 1.807) is 0 Å². The maximum absolute atomic E-state index is 11.1. The Morgan fingerprint density at radius 2 is 1.62 bits per heavy atom. The lowest BCUT2D eigenvalue weighted by Gasteiger charge is -2.18. The summed E-state index contributed by atoms with van der Waals surface area (Å²) in [6.07, 6.45) is 0. The number of hydrogen-bond acceptors (Lipinski definition) is 3. The van der Waals surface area contributed by atoms with E-state index in [4.69, 9.17) is 23.6 Å². The average Bonchev–Trinajstić information content (AvgIpc) is 2.06. The molecule has 0 aromatic rings. The Morgan fingerprint density at radius 1 is 1.23 bits per heavy atom. The van der Waals surface area contributed by atoms with Crippen LogP contribution < -0.4 is 6.15 Å². The van der Waals surface area contributed by atoms with Crippen LogP contribution in [0.1, 0.15) is 13.8 Å². The largest absolute Gasteiger partial charge is 0.357 e. The second-order valence-electron chi connectivity index (χ2n) is 2.71. The van der Waals surface area contributed by atoms with Crippen LogP contribution in [0.25, 0.3) is 0 Å². The van der Waals surface area contributed by atoms with Crippen molar-refractivity contribution >= 4 is 47.9 Å². The second kappa shape index (κ2) is 4.32. The Morgan fingerprint density at radius 3 is 1.69 bits per heavy atom. The first-order valence-electron chi connectivity index (χ1n) is 2.89. The third kappa shape index (κ3) is 1.99. The topological polar surface area (TPSA) is 75.6 Å². The zero-order chi connectivity index (χ0) is 8.81. The lowest BCUT2D eigenvalue weighted by molar-refractivity contribution is -0.127. The SMILES string of the molecule is CC1(C)C(=O)N(Cl)C(=O)N1Cl.Cl.N. The quantitative estimate of drug-likeness (QED) is 0.527. The van der Waals surface area contributed by atoms with Crippen molar-refractivity contribution in [2.75, 3.05) is 0 Å². The zero-order valence-corrected chi connectivity index (χ0v) is 9.41. The second-order valence-corrected chi connectivity index (χ2v) is 3.38. The molecule has 1 heterocycles. The summed E-state index contributed by atoms with van der Waals surface area (Å²) in [5.41, 5.74) is -1.04. The highest BCUT2D eigenvalue weighted by Gasteiger charge is 2.50. The van der Waals surface area contributed by atoms with Gasteiger partial charge >= 0.3 is 6.03 Å². The van der Waals surface area contributed by atoms with Crippen LogP contribution in [0.3, 0.4) is 0 Å². The Kier molecular flexibility index (Phi) is 5.07. The molecule has 0 radical (unpaired) electrons. The Labute approximate surface area is 92.2 Å². The van der Waals surface area contributed by atoms with E-state index in [0.29, 0.717) is 4.42 Å². The third-order valence-electron chi connectivity index (χ3n) is 1.53. The van der Waals surface area contributed by atoms with Crippen molar-refractivity contribution in [2.24, 2.45) is 0 Å². The minimum Gasteiger partial charge on any atom is -0.344 e. The molecule has 0 spiro atoms. The summed E-state index contributed by atoms with van der Waals surface area (Å²) in [5, 5.41) is 0. The average molecular weight is 251 g/mol. The molecule has 1 saturated heterocycles. The number of imide groups is 1. The van der Waals surface area contributed by atoms with Crippen LogP contribution in [-0.2, 0) is 4.79 Å². The lowest BCUT2D eigenvalue weighted by Crippen LogP contribution is -2.38. The first-order chi connectivity index (χ1) is 4.89. The van der Waals surface area contributed by atoms with Crippen molar-refractivity contribution < 1.29 is 9.59 Å². The summed E-state index contributed by atoms with van der Waals surface area (Å²) in [7, 11) is 0. The minimum atomic E-state index is -1.04. The third-order valence-corrected chi connectivity index (χ3v) is 2.39. The van der Waals surface area contributed by atoms with E-state index in [1.165, 1.54) is 13.8 Å². The van der Waals surface area contributed by atoms with Gasteiger partial charge in [0, 0.05) is 23.6 Å². The highest BCUT2D eigenvalue weighted by atomic mass is 35.5. The van der Waals surface area contributed by atoms with Gasteiger partial charge in [0.15, 0.2) is 0 Å². The van der Waals surface area contributed by atoms with Gasteiger partial charge in [-0.3, -0.25) is 4.79 Å². The molecular weight excluding hydrogens is 240 g/mol. The van der Waals surface area contributed by atoms with Gasteiger partial charge in [-0.05, 0) is 13.8 Å². The first kappa shape index (κ1) is 15.3. The van der Waals surface area contributed by atoms with Gasteiger partial charge in [-0.1, -0.05) is 0 Å². The number of hydrogen-bond donors (Lipinski definition) is 1. The number of nitrogens with zero attached hydrogens (tertiary/aromatic N) is 2. The predicted octanol–water partition coefficient (Wildman–Crippen LogP) is 1.92. The normalized spacial score (nSPS) is 19.7. The molecule has 0 unspecified atom stereocenters. The number of halogens is 3. The van der Waals surface area contributed by atoms with Crippen molar-refractivity contribution in [2.45, 2.75) is 19.4 Å². The van der Waals surface area contributed by atoms with E-state index < -0.39 is 17.5 Å². The molecular formula is C5H10Cl3N3O2. The Balaban J connectivity index is 0. The van der Waals surface area contributed by atoms with Gasteiger partial charge in [-0.25, -0.2) is 9.21 Å². The molecule has 3 N–H and O–H groups in total. The molecule has 0 bridgehead atoms. The molecule has 13 heavy (non-hydrogen) atoms. The van der Waals surface area contributed by atoms with Gasteiger partial charge in [0.25, 0.3) is 5.91 Å². The van der Waals surface area contributed by atoms with Gasteiger partial charge in [-0.2, -0.15) is 4.42 Å². The molecule has 0 aromatic heterocycles. The molecule has 1 aliphatic heterocycles. The molecule has 78 valence electrons. The summed E-state index contributed by atoms with van der Waals surface area (Å²) in [6.45, 7) is 3.03. The number of amides is 3. The molecule has 1 rings (SSSR count). The van der Waals surface area contributed by atoms with Gasteiger partial charge < -0.3 is 6.15 Å². The number of carbonyl (C=O) groups is 2. The maximum Gasteiger partial charge on any atom is 0.357 e. The molecule has 0 atom stereocenters. The number of carbonyl (C=O) groups excluding carboxylic acids is 2. The molecule has 1 fully saturated rings. The summed E-state index contributed by atoms with van der Waals surface area (Å²) >= 11 is 10.8. The molecule has 5 nitrogen and oxygen atoms in total. The summed E-state index contributed by atoms with van der Waals surface area (Å²) in [4.78, 5) is 22.0. The zero-order valence-electron chi connectivity index (χ0n) is 7.08. The fraction of sp³-hybridized carbons (Fsp3) is 0.600. The Bertz CT molecular complexity index is 233. The van der Waals surface area contributed by atoms with Crippen LogP contribution in [0.2, 0.25) is 0 Å². The first-order valence-corrected chi connectivity index (χ1v) is 3.57. The highest BCUT2D eigenvalue weighted by Crippen LogP contribution is 2.30. The van der Waals surface area contributed by atoms with Crippen LogP contribution in [0.15, 0.2) is 0 Å². The van der Waals surface area contributed by atoms with Crippen LogP contribution in [-0.4, -0.2) is 26.3 Å². The molecule has 0 aliphatic carbocycles. The molecule has 0 aromatic carbocycles. The van der Waals surface area contributed by atoms with Gasteiger partial charge in [-0.15, -0.1) is 12.4 Å². The van der Waals surface area contributed by atoms with Crippen LogP contribution in [0, 0.1) is 0 Å².